The molecule has 7 nitrogen and oxygen atoms in total. The molecule has 2 N–H and O–H groups in total. The minimum atomic E-state index is -4.28. The van der Waals surface area contributed by atoms with Gasteiger partial charge >= 0.3 is 0 Å². The van der Waals surface area contributed by atoms with Gasteiger partial charge in [0, 0.05) is 18.9 Å². The zero-order valence-corrected chi connectivity index (χ0v) is 17.6. The van der Waals surface area contributed by atoms with Gasteiger partial charge in [0.25, 0.3) is 10.0 Å². The zero-order chi connectivity index (χ0) is 21.9. The first-order chi connectivity index (χ1) is 14.2. The van der Waals surface area contributed by atoms with E-state index >= 15 is 0 Å². The highest BCUT2D eigenvalue weighted by Gasteiger charge is 2.38. The molecular formula is C19H16Cl2FN3O4S. The van der Waals surface area contributed by atoms with E-state index in [1.165, 1.54) is 36.4 Å². The fraction of sp³-hybridized carbons (Fsp3) is 0.158. The van der Waals surface area contributed by atoms with Crippen molar-refractivity contribution in [2.24, 2.45) is 0 Å². The Morgan fingerprint density at radius 1 is 1.20 bits per heavy atom. The van der Waals surface area contributed by atoms with Crippen LogP contribution in [0.1, 0.15) is 12.0 Å². The highest BCUT2D eigenvalue weighted by atomic mass is 35.5. The Bertz CT molecular complexity index is 1120. The van der Waals surface area contributed by atoms with E-state index in [0.717, 1.165) is 16.7 Å². The molecule has 0 unspecified atom stereocenters. The molecular weight excluding hydrogens is 456 g/mol. The van der Waals surface area contributed by atoms with Crippen LogP contribution in [0.5, 0.6) is 0 Å². The lowest BCUT2D eigenvalue weighted by atomic mass is 10.1. The molecule has 0 radical (unpaired) electrons. The third-order valence-electron chi connectivity index (χ3n) is 4.29. The van der Waals surface area contributed by atoms with Gasteiger partial charge in [0.2, 0.25) is 11.8 Å². The van der Waals surface area contributed by atoms with Crippen LogP contribution in [0.3, 0.4) is 0 Å². The van der Waals surface area contributed by atoms with E-state index in [9.17, 15) is 22.4 Å². The number of nitrogens with one attached hydrogen (secondary N) is 2. The summed E-state index contributed by atoms with van der Waals surface area (Å²) >= 11 is 12.0. The number of nitrogens with zero attached hydrogens (tertiary/aromatic N) is 1. The van der Waals surface area contributed by atoms with Crippen molar-refractivity contribution in [1.29, 1.82) is 0 Å². The van der Waals surface area contributed by atoms with Gasteiger partial charge in [0.15, 0.2) is 0 Å². The fourth-order valence-electron chi connectivity index (χ4n) is 2.83. The summed E-state index contributed by atoms with van der Waals surface area (Å²) in [4.78, 5) is 24.4. The van der Waals surface area contributed by atoms with Crippen molar-refractivity contribution in [2.75, 3.05) is 0 Å². The number of rotatable bonds is 6. The molecule has 30 heavy (non-hydrogen) atoms. The predicted molar refractivity (Wildman–Crippen MR) is 109 cm³/mol. The van der Waals surface area contributed by atoms with Gasteiger partial charge in [0.05, 0.1) is 16.5 Å². The fourth-order valence-corrected chi connectivity index (χ4v) is 5.02. The quantitative estimate of drug-likeness (QED) is 0.676. The number of carbonyl (C=O) groups is 2. The second kappa shape index (κ2) is 9.03. The number of hydrogen-bond acceptors (Lipinski definition) is 4. The minimum absolute atomic E-state index is 0.0215. The van der Waals surface area contributed by atoms with Crippen LogP contribution in [0, 0.1) is 5.82 Å². The number of sulfonamides is 1. The van der Waals surface area contributed by atoms with Crippen LogP contribution in [0.25, 0.3) is 0 Å². The summed E-state index contributed by atoms with van der Waals surface area (Å²) in [6, 6.07) is 8.40. The van der Waals surface area contributed by atoms with E-state index in [4.69, 9.17) is 23.2 Å². The largest absolute Gasteiger partial charge is 0.352 e. The van der Waals surface area contributed by atoms with E-state index < -0.39 is 40.1 Å². The van der Waals surface area contributed by atoms with Gasteiger partial charge in [-0.25, -0.2) is 12.8 Å². The van der Waals surface area contributed by atoms with Gasteiger partial charge in [-0.05, 0) is 29.8 Å². The van der Waals surface area contributed by atoms with Crippen molar-refractivity contribution >= 4 is 45.0 Å². The topological polar surface area (TPSA) is 95.6 Å². The summed E-state index contributed by atoms with van der Waals surface area (Å²) in [6.07, 6.45) is 1.83. The first kappa shape index (κ1) is 22.1. The molecule has 2 amide bonds. The van der Waals surface area contributed by atoms with Crippen LogP contribution in [0.15, 0.2) is 59.8 Å². The van der Waals surface area contributed by atoms with Crippen molar-refractivity contribution in [1.82, 2.24) is 14.9 Å². The molecule has 2 aromatic carbocycles. The smallest absolute Gasteiger partial charge is 0.266 e. The molecule has 0 aromatic heterocycles. The third kappa shape index (κ3) is 4.75. The number of carbonyl (C=O) groups excluding carboxylic acids is 2. The van der Waals surface area contributed by atoms with Crippen LogP contribution in [0.2, 0.25) is 10.0 Å². The summed E-state index contributed by atoms with van der Waals surface area (Å²) in [5.41, 5.74) is 0.520. The van der Waals surface area contributed by atoms with Gasteiger partial charge in [-0.2, -0.15) is 0 Å². The van der Waals surface area contributed by atoms with E-state index in [1.54, 1.807) is 6.07 Å². The minimum Gasteiger partial charge on any atom is -0.352 e. The van der Waals surface area contributed by atoms with Gasteiger partial charge < -0.3 is 10.6 Å². The zero-order valence-electron chi connectivity index (χ0n) is 15.3. The summed E-state index contributed by atoms with van der Waals surface area (Å²) in [6.45, 7) is 0.0215. The molecule has 0 fully saturated rings. The van der Waals surface area contributed by atoms with Crippen molar-refractivity contribution in [2.45, 2.75) is 23.9 Å². The highest BCUT2D eigenvalue weighted by Crippen LogP contribution is 2.32. The number of hydrogen-bond donors (Lipinski definition) is 2. The molecule has 0 saturated heterocycles. The van der Waals surface area contributed by atoms with Gasteiger partial charge in [-0.1, -0.05) is 41.4 Å². The molecule has 0 bridgehead atoms. The lowest BCUT2D eigenvalue weighted by Crippen LogP contribution is -2.51. The van der Waals surface area contributed by atoms with Crippen molar-refractivity contribution in [3.63, 3.8) is 0 Å². The van der Waals surface area contributed by atoms with Crippen molar-refractivity contribution in [3.05, 3.63) is 76.3 Å². The lowest BCUT2D eigenvalue weighted by Gasteiger charge is -2.31. The maximum Gasteiger partial charge on any atom is 0.266 e. The average Bonchev–Trinajstić information content (AvgIpc) is 2.70. The van der Waals surface area contributed by atoms with Crippen molar-refractivity contribution in [3.8, 4) is 0 Å². The molecule has 1 aliphatic rings. The molecule has 158 valence electrons. The number of benzene rings is 2. The second-order valence-corrected chi connectivity index (χ2v) is 8.93. The van der Waals surface area contributed by atoms with Crippen LogP contribution >= 0.6 is 23.2 Å². The first-order valence-corrected chi connectivity index (χ1v) is 10.9. The second-order valence-electron chi connectivity index (χ2n) is 6.34. The van der Waals surface area contributed by atoms with Gasteiger partial charge in [0.1, 0.15) is 16.8 Å². The van der Waals surface area contributed by atoms with E-state index in [0.29, 0.717) is 5.56 Å². The third-order valence-corrected chi connectivity index (χ3v) is 7.04. The SMILES string of the molecule is O=C(C[C@@H]1C(=O)NC=CN1S(=O)(=O)c1cccc(Cl)c1Cl)NCc1cccc(F)c1. The normalized spacial score (nSPS) is 16.3. The molecule has 11 heteroatoms. The van der Waals surface area contributed by atoms with Crippen LogP contribution < -0.4 is 10.6 Å². The standard InChI is InChI=1S/C19H16Cl2FN3O4S/c20-14-5-2-6-16(18(14)21)30(28,29)25-8-7-23-19(27)15(25)10-17(26)24-11-12-3-1-4-13(22)9-12/h1-9,15H,10-11H2,(H,23,27)(H,24,26)/t15-/m1/s1. The molecule has 1 aliphatic heterocycles. The van der Waals surface area contributed by atoms with E-state index in [2.05, 4.69) is 10.6 Å². The Balaban J connectivity index is 1.80. The van der Waals surface area contributed by atoms with E-state index in [-0.39, 0.29) is 21.5 Å². The average molecular weight is 472 g/mol. The van der Waals surface area contributed by atoms with Crippen LogP contribution in [-0.4, -0.2) is 30.6 Å². The molecule has 3 rings (SSSR count). The van der Waals surface area contributed by atoms with Crippen molar-refractivity contribution < 1.29 is 22.4 Å². The van der Waals surface area contributed by atoms with E-state index in [1.807, 2.05) is 0 Å². The predicted octanol–water partition coefficient (Wildman–Crippen LogP) is 2.80. The maximum atomic E-state index is 13.3. The Labute approximate surface area is 182 Å². The molecule has 2 aromatic rings. The Hall–Kier alpha value is -2.62. The summed E-state index contributed by atoms with van der Waals surface area (Å²) in [5, 5.41) is 4.78. The Kier molecular flexibility index (Phi) is 6.64. The molecule has 1 atom stereocenters. The molecule has 1 heterocycles. The summed E-state index contributed by atoms with van der Waals surface area (Å²) in [7, 11) is -4.28. The maximum absolute atomic E-state index is 13.3. The van der Waals surface area contributed by atoms with Gasteiger partial charge in [-0.3, -0.25) is 13.9 Å². The molecule has 0 spiro atoms. The highest BCUT2D eigenvalue weighted by molar-refractivity contribution is 7.89. The Morgan fingerprint density at radius 2 is 1.93 bits per heavy atom. The monoisotopic (exact) mass is 471 g/mol. The molecule has 0 saturated carbocycles. The summed E-state index contributed by atoms with van der Waals surface area (Å²) < 4.78 is 40.2. The Morgan fingerprint density at radius 3 is 2.67 bits per heavy atom. The van der Waals surface area contributed by atoms with Crippen LogP contribution in [0.4, 0.5) is 4.39 Å². The van der Waals surface area contributed by atoms with Crippen LogP contribution in [-0.2, 0) is 26.2 Å². The number of amides is 2. The number of halogens is 3. The van der Waals surface area contributed by atoms with Gasteiger partial charge in [-0.15, -0.1) is 0 Å². The molecule has 0 aliphatic carbocycles. The summed E-state index contributed by atoms with van der Waals surface area (Å²) in [5.74, 6) is -1.72. The lowest BCUT2D eigenvalue weighted by molar-refractivity contribution is -0.129. The first-order valence-electron chi connectivity index (χ1n) is 8.66.